The molecule has 0 spiro atoms. The van der Waals surface area contributed by atoms with Gasteiger partial charge in [-0.3, -0.25) is 4.79 Å². The molecule has 0 amide bonds. The number of hydrogen-bond donors (Lipinski definition) is 0. The van der Waals surface area contributed by atoms with E-state index in [9.17, 15) is 22.0 Å². The predicted molar refractivity (Wildman–Crippen MR) is 44.9 cm³/mol. The average molecular weight is 220 g/mol. The highest BCUT2D eigenvalue weighted by Crippen LogP contribution is 2.18. The maximum atomic E-state index is 13.0. The largest absolute Gasteiger partial charge is 0.298 e. The second-order valence-electron chi connectivity index (χ2n) is 2.69. The van der Waals surface area contributed by atoms with Crippen LogP contribution in [0.15, 0.2) is 17.0 Å². The molecule has 1 rings (SSSR count). The quantitative estimate of drug-likeness (QED) is 0.703. The molecule has 0 N–H and O–H groups in total. The predicted octanol–water partition coefficient (Wildman–Crippen LogP) is 1.18. The van der Waals surface area contributed by atoms with Crippen molar-refractivity contribution in [2.45, 2.75) is 4.90 Å². The van der Waals surface area contributed by atoms with Crippen molar-refractivity contribution >= 4 is 16.1 Å². The Morgan fingerprint density at radius 1 is 1.21 bits per heavy atom. The highest BCUT2D eigenvalue weighted by molar-refractivity contribution is 7.90. The Hall–Kier alpha value is -1.30. The van der Waals surface area contributed by atoms with E-state index in [1.807, 2.05) is 0 Å². The van der Waals surface area contributed by atoms with E-state index < -0.39 is 31.9 Å². The third-order valence-electron chi connectivity index (χ3n) is 1.58. The van der Waals surface area contributed by atoms with Crippen LogP contribution < -0.4 is 0 Å². The summed E-state index contributed by atoms with van der Waals surface area (Å²) < 4.78 is 47.7. The first-order valence-electron chi connectivity index (χ1n) is 3.50. The third kappa shape index (κ3) is 1.95. The Balaban J connectivity index is 3.52. The minimum atomic E-state index is -3.81. The summed E-state index contributed by atoms with van der Waals surface area (Å²) in [6, 6.07) is 1.05. The van der Waals surface area contributed by atoms with Crippen LogP contribution in [0.4, 0.5) is 8.78 Å². The van der Waals surface area contributed by atoms with Crippen LogP contribution >= 0.6 is 0 Å². The molecule has 0 aliphatic heterocycles. The molecule has 14 heavy (non-hydrogen) atoms. The van der Waals surface area contributed by atoms with Crippen molar-refractivity contribution in [1.82, 2.24) is 0 Å². The van der Waals surface area contributed by atoms with Gasteiger partial charge < -0.3 is 0 Å². The van der Waals surface area contributed by atoms with Gasteiger partial charge in [0, 0.05) is 6.26 Å². The molecule has 0 aliphatic carbocycles. The van der Waals surface area contributed by atoms with Gasteiger partial charge in [-0.15, -0.1) is 0 Å². The molecule has 6 heteroatoms. The fourth-order valence-corrected chi connectivity index (χ4v) is 1.65. The number of rotatable bonds is 2. The molecule has 0 aliphatic rings. The van der Waals surface area contributed by atoms with E-state index >= 15 is 0 Å². The Kier molecular flexibility index (Phi) is 2.66. The van der Waals surface area contributed by atoms with Gasteiger partial charge in [-0.2, -0.15) is 0 Å². The molecule has 76 valence electrons. The van der Waals surface area contributed by atoms with Crippen molar-refractivity contribution in [2.24, 2.45) is 0 Å². The Labute approximate surface area is 79.3 Å². The van der Waals surface area contributed by atoms with E-state index in [1.165, 1.54) is 0 Å². The minimum Gasteiger partial charge on any atom is -0.298 e. The molecule has 0 saturated heterocycles. The second-order valence-corrected chi connectivity index (χ2v) is 4.68. The molecule has 0 bridgehead atoms. The van der Waals surface area contributed by atoms with Crippen molar-refractivity contribution in [3.63, 3.8) is 0 Å². The molecule has 0 radical (unpaired) electrons. The van der Waals surface area contributed by atoms with Crippen molar-refractivity contribution in [3.05, 3.63) is 29.3 Å². The van der Waals surface area contributed by atoms with Crippen LogP contribution in [-0.2, 0) is 9.84 Å². The number of benzene rings is 1. The normalized spacial score (nSPS) is 11.4. The number of sulfone groups is 1. The van der Waals surface area contributed by atoms with Crippen LogP contribution in [0, 0.1) is 11.6 Å². The zero-order valence-electron chi connectivity index (χ0n) is 7.12. The summed E-state index contributed by atoms with van der Waals surface area (Å²) in [7, 11) is -3.81. The van der Waals surface area contributed by atoms with Crippen LogP contribution in [-0.4, -0.2) is 21.0 Å². The Morgan fingerprint density at radius 2 is 1.79 bits per heavy atom. The minimum absolute atomic E-state index is 0.116. The van der Waals surface area contributed by atoms with Crippen molar-refractivity contribution < 1.29 is 22.0 Å². The van der Waals surface area contributed by atoms with Gasteiger partial charge in [0.05, 0.1) is 5.56 Å². The highest BCUT2D eigenvalue weighted by Gasteiger charge is 2.17. The molecular weight excluding hydrogens is 214 g/mol. The molecule has 0 saturated carbocycles. The van der Waals surface area contributed by atoms with Crippen LogP contribution in [0.2, 0.25) is 0 Å². The number of carbonyl (C=O) groups is 1. The van der Waals surface area contributed by atoms with Crippen molar-refractivity contribution in [1.29, 1.82) is 0 Å². The number of carbonyl (C=O) groups excluding carboxylic acids is 1. The molecule has 0 aromatic heterocycles. The number of aldehydes is 1. The Bertz CT molecular complexity index is 480. The summed E-state index contributed by atoms with van der Waals surface area (Å²) in [5.41, 5.74) is -0.505. The summed E-state index contributed by atoms with van der Waals surface area (Å²) >= 11 is 0. The molecule has 0 heterocycles. The third-order valence-corrected chi connectivity index (χ3v) is 2.69. The maximum Gasteiger partial charge on any atom is 0.178 e. The monoisotopic (exact) mass is 220 g/mol. The van der Waals surface area contributed by atoms with Gasteiger partial charge in [0.1, 0.15) is 16.5 Å². The van der Waals surface area contributed by atoms with Gasteiger partial charge in [-0.25, -0.2) is 17.2 Å². The molecule has 1 aromatic rings. The van der Waals surface area contributed by atoms with E-state index in [4.69, 9.17) is 0 Å². The topological polar surface area (TPSA) is 51.2 Å². The van der Waals surface area contributed by atoms with Gasteiger partial charge in [0.15, 0.2) is 16.1 Å². The van der Waals surface area contributed by atoms with Gasteiger partial charge in [0.2, 0.25) is 0 Å². The van der Waals surface area contributed by atoms with Gasteiger partial charge >= 0.3 is 0 Å². The van der Waals surface area contributed by atoms with Crippen LogP contribution in [0.1, 0.15) is 10.4 Å². The lowest BCUT2D eigenvalue weighted by Gasteiger charge is -2.01. The SMILES string of the molecule is CS(=O)(=O)c1cc(F)c(C=O)cc1F. The summed E-state index contributed by atoms with van der Waals surface area (Å²) in [6.07, 6.45) is 0.871. The fourth-order valence-electron chi connectivity index (χ4n) is 0.918. The first-order chi connectivity index (χ1) is 6.36. The van der Waals surface area contributed by atoms with Gasteiger partial charge in [0.25, 0.3) is 0 Å². The first kappa shape index (κ1) is 10.8. The highest BCUT2D eigenvalue weighted by atomic mass is 32.2. The van der Waals surface area contributed by atoms with Crippen LogP contribution in [0.25, 0.3) is 0 Å². The van der Waals surface area contributed by atoms with E-state index in [2.05, 4.69) is 0 Å². The molecule has 3 nitrogen and oxygen atoms in total. The van der Waals surface area contributed by atoms with E-state index in [0.717, 1.165) is 6.26 Å². The lowest BCUT2D eigenvalue weighted by atomic mass is 10.2. The van der Waals surface area contributed by atoms with Crippen LogP contribution in [0.5, 0.6) is 0 Å². The number of halogens is 2. The second kappa shape index (κ2) is 3.45. The molecule has 0 atom stereocenters. The first-order valence-corrected chi connectivity index (χ1v) is 5.39. The molecular formula is C8H6F2O3S. The lowest BCUT2D eigenvalue weighted by Crippen LogP contribution is -2.03. The summed E-state index contributed by atoms with van der Waals surface area (Å²) in [6.45, 7) is 0. The summed E-state index contributed by atoms with van der Waals surface area (Å²) in [5, 5.41) is 0. The standard InChI is InChI=1S/C8H6F2O3S/c1-14(12,13)8-3-6(9)5(4-11)2-7(8)10/h2-4H,1H3. The summed E-state index contributed by atoms with van der Waals surface area (Å²) in [5.74, 6) is -2.18. The van der Waals surface area contributed by atoms with Crippen molar-refractivity contribution in [3.8, 4) is 0 Å². The van der Waals surface area contributed by atoms with E-state index in [1.54, 1.807) is 0 Å². The zero-order valence-corrected chi connectivity index (χ0v) is 7.94. The van der Waals surface area contributed by atoms with Crippen molar-refractivity contribution in [2.75, 3.05) is 6.26 Å². The summed E-state index contributed by atoms with van der Waals surface area (Å²) in [4.78, 5) is 9.43. The molecule has 0 fully saturated rings. The zero-order chi connectivity index (χ0) is 10.9. The van der Waals surface area contributed by atoms with E-state index in [-0.39, 0.29) is 6.29 Å². The van der Waals surface area contributed by atoms with Gasteiger partial charge in [-0.05, 0) is 12.1 Å². The maximum absolute atomic E-state index is 13.0. The molecule has 1 aromatic carbocycles. The van der Waals surface area contributed by atoms with Crippen LogP contribution in [0.3, 0.4) is 0 Å². The molecule has 0 unspecified atom stereocenters. The van der Waals surface area contributed by atoms with E-state index in [0.29, 0.717) is 12.1 Å². The fraction of sp³-hybridized carbons (Fsp3) is 0.125. The smallest absolute Gasteiger partial charge is 0.178 e. The van der Waals surface area contributed by atoms with Gasteiger partial charge in [-0.1, -0.05) is 0 Å². The average Bonchev–Trinajstić information content (AvgIpc) is 2.06. The number of hydrogen-bond acceptors (Lipinski definition) is 3. The lowest BCUT2D eigenvalue weighted by molar-refractivity contribution is 0.111. The Morgan fingerprint density at radius 3 is 2.21 bits per heavy atom.